The van der Waals surface area contributed by atoms with Crippen molar-refractivity contribution in [3.63, 3.8) is 0 Å². The van der Waals surface area contributed by atoms with Crippen molar-refractivity contribution in [2.24, 2.45) is 7.05 Å². The molecule has 0 unspecified atom stereocenters. The van der Waals surface area contributed by atoms with E-state index in [1.54, 1.807) is 23.9 Å². The van der Waals surface area contributed by atoms with Crippen molar-refractivity contribution in [3.05, 3.63) is 18.0 Å². The van der Waals surface area contributed by atoms with Crippen molar-refractivity contribution in [1.29, 1.82) is 0 Å². The number of rotatable bonds is 5. The first-order valence-corrected chi connectivity index (χ1v) is 5.51. The first-order valence-electron chi connectivity index (χ1n) is 5.51. The van der Waals surface area contributed by atoms with Crippen molar-refractivity contribution in [2.45, 2.75) is 13.3 Å². The van der Waals surface area contributed by atoms with Gasteiger partial charge in [-0.2, -0.15) is 0 Å². The molecule has 0 bridgehead atoms. The number of nitrogen functional groups attached to an aromatic ring is 1. The van der Waals surface area contributed by atoms with Crippen LogP contribution >= 0.6 is 0 Å². The van der Waals surface area contributed by atoms with Gasteiger partial charge in [0.25, 0.3) is 5.91 Å². The van der Waals surface area contributed by atoms with Gasteiger partial charge in [0.2, 0.25) is 5.91 Å². The Balaban J connectivity index is 2.40. The third kappa shape index (κ3) is 3.82. The summed E-state index contributed by atoms with van der Waals surface area (Å²) in [7, 11) is 1.75. The molecule has 0 aliphatic heterocycles. The smallest absolute Gasteiger partial charge is 0.267 e. The van der Waals surface area contributed by atoms with Crippen LogP contribution in [0.15, 0.2) is 12.3 Å². The lowest BCUT2D eigenvalue weighted by atomic mass is 10.3. The fraction of sp³-hybridized carbons (Fsp3) is 0.455. The molecule has 0 saturated heterocycles. The maximum atomic E-state index is 11.7. The Morgan fingerprint density at radius 1 is 1.41 bits per heavy atom. The lowest BCUT2D eigenvalue weighted by Gasteiger charge is -2.05. The van der Waals surface area contributed by atoms with Crippen LogP contribution in [0.1, 0.15) is 23.8 Å². The van der Waals surface area contributed by atoms with Gasteiger partial charge in [0, 0.05) is 32.8 Å². The Morgan fingerprint density at radius 2 is 2.12 bits per heavy atom. The number of aromatic nitrogens is 1. The molecule has 6 nitrogen and oxygen atoms in total. The molecule has 17 heavy (non-hydrogen) atoms. The lowest BCUT2D eigenvalue weighted by Crippen LogP contribution is -2.31. The summed E-state index contributed by atoms with van der Waals surface area (Å²) in [5.41, 5.74) is 6.60. The summed E-state index contributed by atoms with van der Waals surface area (Å²) in [6.07, 6.45) is 1.94. The Morgan fingerprint density at radius 3 is 2.65 bits per heavy atom. The summed E-state index contributed by atoms with van der Waals surface area (Å²) in [5, 5.41) is 5.33. The summed E-state index contributed by atoms with van der Waals surface area (Å²) in [4.78, 5) is 22.8. The highest BCUT2D eigenvalue weighted by molar-refractivity contribution is 5.94. The number of anilines is 1. The Kier molecular flexibility index (Phi) is 4.56. The monoisotopic (exact) mass is 238 g/mol. The maximum Gasteiger partial charge on any atom is 0.267 e. The van der Waals surface area contributed by atoms with E-state index in [0.717, 1.165) is 0 Å². The molecule has 0 aliphatic carbocycles. The van der Waals surface area contributed by atoms with Crippen molar-refractivity contribution >= 4 is 17.5 Å². The predicted octanol–water partition coefficient (Wildman–Crippen LogP) is -0.137. The summed E-state index contributed by atoms with van der Waals surface area (Å²) < 4.78 is 1.65. The lowest BCUT2D eigenvalue weighted by molar-refractivity contribution is -0.120. The first kappa shape index (κ1) is 13.1. The zero-order chi connectivity index (χ0) is 12.8. The van der Waals surface area contributed by atoms with Crippen LogP contribution in [0.25, 0.3) is 0 Å². The number of hydrogen-bond donors (Lipinski definition) is 3. The number of nitrogens with two attached hydrogens (primary N) is 1. The molecule has 94 valence electrons. The number of nitrogens with one attached hydrogen (secondary N) is 2. The number of nitrogens with zero attached hydrogens (tertiary/aromatic N) is 1. The Bertz CT molecular complexity index is 412. The van der Waals surface area contributed by atoms with E-state index in [0.29, 0.717) is 24.5 Å². The van der Waals surface area contributed by atoms with Gasteiger partial charge in [-0.3, -0.25) is 9.59 Å². The van der Waals surface area contributed by atoms with Crippen molar-refractivity contribution in [1.82, 2.24) is 15.2 Å². The molecule has 1 aromatic rings. The Labute approximate surface area is 100 Å². The molecule has 2 amide bonds. The minimum atomic E-state index is -0.228. The van der Waals surface area contributed by atoms with E-state index in [1.165, 1.54) is 0 Å². The van der Waals surface area contributed by atoms with E-state index in [2.05, 4.69) is 10.6 Å². The van der Waals surface area contributed by atoms with Crippen molar-refractivity contribution < 1.29 is 9.59 Å². The third-order valence-electron chi connectivity index (χ3n) is 2.27. The van der Waals surface area contributed by atoms with Gasteiger partial charge in [0.05, 0.1) is 5.69 Å². The Hall–Kier alpha value is -1.98. The fourth-order valence-electron chi connectivity index (χ4n) is 1.48. The van der Waals surface area contributed by atoms with Crippen LogP contribution in [0.4, 0.5) is 5.69 Å². The predicted molar refractivity (Wildman–Crippen MR) is 65.5 cm³/mol. The number of aryl methyl sites for hydroxylation is 1. The van der Waals surface area contributed by atoms with Gasteiger partial charge in [0.1, 0.15) is 5.69 Å². The number of carbonyl (C=O) groups is 2. The van der Waals surface area contributed by atoms with Gasteiger partial charge < -0.3 is 20.9 Å². The van der Waals surface area contributed by atoms with E-state index in [9.17, 15) is 9.59 Å². The highest BCUT2D eigenvalue weighted by Gasteiger charge is 2.10. The van der Waals surface area contributed by atoms with E-state index >= 15 is 0 Å². The largest absolute Gasteiger partial charge is 0.397 e. The second-order valence-electron chi connectivity index (χ2n) is 3.73. The standard InChI is InChI=1S/C11H18N4O2/c1-3-13-10(16)4-5-14-11(17)9-6-8(12)7-15(9)2/h6-7H,3-5,12H2,1-2H3,(H,13,16)(H,14,17). The van der Waals surface area contributed by atoms with Crippen molar-refractivity contribution in [2.75, 3.05) is 18.8 Å². The third-order valence-corrected chi connectivity index (χ3v) is 2.27. The molecular formula is C11H18N4O2. The molecule has 1 aromatic heterocycles. The molecule has 0 radical (unpaired) electrons. The minimum absolute atomic E-state index is 0.0702. The van der Waals surface area contributed by atoms with E-state index in [-0.39, 0.29) is 18.2 Å². The van der Waals surface area contributed by atoms with Crippen LogP contribution in [-0.2, 0) is 11.8 Å². The van der Waals surface area contributed by atoms with Crippen molar-refractivity contribution in [3.8, 4) is 0 Å². The molecule has 4 N–H and O–H groups in total. The van der Waals surface area contributed by atoms with E-state index in [4.69, 9.17) is 5.73 Å². The summed E-state index contributed by atoms with van der Waals surface area (Å²) in [6.45, 7) is 2.76. The summed E-state index contributed by atoms with van der Waals surface area (Å²) in [6, 6.07) is 1.60. The average Bonchev–Trinajstić information content (AvgIpc) is 2.58. The summed E-state index contributed by atoms with van der Waals surface area (Å²) >= 11 is 0. The second-order valence-corrected chi connectivity index (χ2v) is 3.73. The number of hydrogen-bond acceptors (Lipinski definition) is 3. The zero-order valence-corrected chi connectivity index (χ0v) is 10.1. The van der Waals surface area contributed by atoms with Gasteiger partial charge >= 0.3 is 0 Å². The zero-order valence-electron chi connectivity index (χ0n) is 10.1. The van der Waals surface area contributed by atoms with Crippen LogP contribution in [0.3, 0.4) is 0 Å². The highest BCUT2D eigenvalue weighted by Crippen LogP contribution is 2.07. The van der Waals surface area contributed by atoms with Crippen LogP contribution in [0.5, 0.6) is 0 Å². The first-order chi connectivity index (χ1) is 8.04. The molecule has 1 heterocycles. The quantitative estimate of drug-likeness (QED) is 0.667. The van der Waals surface area contributed by atoms with Crippen LogP contribution in [0.2, 0.25) is 0 Å². The second kappa shape index (κ2) is 5.93. The molecule has 0 atom stereocenters. The van der Waals surface area contributed by atoms with Gasteiger partial charge in [-0.15, -0.1) is 0 Å². The van der Waals surface area contributed by atoms with Gasteiger partial charge in [-0.1, -0.05) is 0 Å². The van der Waals surface area contributed by atoms with Gasteiger partial charge in [-0.25, -0.2) is 0 Å². The summed E-state index contributed by atoms with van der Waals surface area (Å²) in [5.74, 6) is -0.298. The molecule has 0 aliphatic rings. The topological polar surface area (TPSA) is 89.2 Å². The maximum absolute atomic E-state index is 11.7. The normalized spacial score (nSPS) is 10.0. The highest BCUT2D eigenvalue weighted by atomic mass is 16.2. The minimum Gasteiger partial charge on any atom is -0.397 e. The SMILES string of the molecule is CCNC(=O)CCNC(=O)c1cc(N)cn1C. The molecule has 0 fully saturated rings. The number of amides is 2. The number of carbonyl (C=O) groups excluding carboxylic acids is 2. The fourth-order valence-corrected chi connectivity index (χ4v) is 1.48. The van der Waals surface area contributed by atoms with E-state index in [1.807, 2.05) is 6.92 Å². The average molecular weight is 238 g/mol. The molecule has 0 saturated carbocycles. The molecular weight excluding hydrogens is 220 g/mol. The van der Waals surface area contributed by atoms with Crippen LogP contribution < -0.4 is 16.4 Å². The van der Waals surface area contributed by atoms with Gasteiger partial charge in [-0.05, 0) is 13.0 Å². The van der Waals surface area contributed by atoms with Gasteiger partial charge in [0.15, 0.2) is 0 Å². The van der Waals surface area contributed by atoms with Crippen LogP contribution in [-0.4, -0.2) is 29.5 Å². The van der Waals surface area contributed by atoms with Crippen LogP contribution in [0, 0.1) is 0 Å². The molecule has 1 rings (SSSR count). The molecule has 0 aromatic carbocycles. The van der Waals surface area contributed by atoms with E-state index < -0.39 is 0 Å². The molecule has 0 spiro atoms. The molecule has 6 heteroatoms.